The summed E-state index contributed by atoms with van der Waals surface area (Å²) in [5, 5.41) is 9.37. The summed E-state index contributed by atoms with van der Waals surface area (Å²) in [6.07, 6.45) is 4.29. The number of carbonyl (C=O) groups excluding carboxylic acids is 1. The number of ether oxygens (including phenoxy) is 1. The molecule has 0 radical (unpaired) electrons. The summed E-state index contributed by atoms with van der Waals surface area (Å²) < 4.78 is 5.15. The van der Waals surface area contributed by atoms with Gasteiger partial charge in [-0.05, 0) is 36.1 Å². The second-order valence-electron chi connectivity index (χ2n) is 5.16. The highest BCUT2D eigenvalue weighted by atomic mass is 16.5. The Kier molecular flexibility index (Phi) is 4.79. The van der Waals surface area contributed by atoms with Crippen molar-refractivity contribution in [2.45, 2.75) is 19.4 Å². The number of nitrogens with zero attached hydrogens (tertiary/aromatic N) is 1. The third-order valence-corrected chi connectivity index (χ3v) is 3.86. The van der Waals surface area contributed by atoms with Crippen molar-refractivity contribution in [3.8, 4) is 5.75 Å². The van der Waals surface area contributed by atoms with Gasteiger partial charge >= 0.3 is 0 Å². The van der Waals surface area contributed by atoms with E-state index >= 15 is 0 Å². The Balaban J connectivity index is 2.05. The number of likely N-dealkylation sites (tertiary alicyclic amines) is 1. The molecule has 1 aromatic rings. The molecule has 4 nitrogen and oxygen atoms in total. The summed E-state index contributed by atoms with van der Waals surface area (Å²) in [5.74, 6) is 1.08. The molecule has 1 saturated heterocycles. The van der Waals surface area contributed by atoms with E-state index in [4.69, 9.17) is 4.74 Å². The number of carbonyl (C=O) groups is 1. The van der Waals surface area contributed by atoms with E-state index in [1.807, 2.05) is 24.3 Å². The van der Waals surface area contributed by atoms with E-state index in [9.17, 15) is 9.90 Å². The molecule has 2 atom stereocenters. The van der Waals surface area contributed by atoms with Gasteiger partial charge in [-0.25, -0.2) is 0 Å². The lowest BCUT2D eigenvalue weighted by molar-refractivity contribution is -0.127. The average Bonchev–Trinajstić information content (AvgIpc) is 2.86. The lowest BCUT2D eigenvalue weighted by atomic mass is 10.0. The van der Waals surface area contributed by atoms with Gasteiger partial charge in [0.15, 0.2) is 0 Å². The molecule has 1 N–H and O–H groups in total. The minimum Gasteiger partial charge on any atom is -0.497 e. The van der Waals surface area contributed by atoms with Gasteiger partial charge in [0.05, 0.1) is 19.8 Å². The molecule has 2 unspecified atom stereocenters. The smallest absolute Gasteiger partial charge is 0.246 e. The summed E-state index contributed by atoms with van der Waals surface area (Å²) in [5.41, 5.74) is 0.922. The topological polar surface area (TPSA) is 49.8 Å². The van der Waals surface area contributed by atoms with Crippen molar-refractivity contribution >= 4 is 12.0 Å². The van der Waals surface area contributed by atoms with Gasteiger partial charge in [-0.1, -0.05) is 19.1 Å². The first kappa shape index (κ1) is 14.6. The van der Waals surface area contributed by atoms with Crippen LogP contribution in [0.15, 0.2) is 30.3 Å². The van der Waals surface area contributed by atoms with Gasteiger partial charge in [0.1, 0.15) is 5.75 Å². The van der Waals surface area contributed by atoms with Crippen molar-refractivity contribution in [1.29, 1.82) is 0 Å². The van der Waals surface area contributed by atoms with E-state index in [1.165, 1.54) is 0 Å². The van der Waals surface area contributed by atoms with Gasteiger partial charge in [0.25, 0.3) is 0 Å². The highest BCUT2D eigenvalue weighted by Crippen LogP contribution is 2.24. The fourth-order valence-electron chi connectivity index (χ4n) is 2.57. The summed E-state index contributed by atoms with van der Waals surface area (Å²) >= 11 is 0. The van der Waals surface area contributed by atoms with Crippen molar-refractivity contribution in [2.75, 3.05) is 20.3 Å². The van der Waals surface area contributed by atoms with Gasteiger partial charge in [0.2, 0.25) is 5.91 Å². The van der Waals surface area contributed by atoms with Crippen LogP contribution in [0.2, 0.25) is 0 Å². The van der Waals surface area contributed by atoms with Gasteiger partial charge in [-0.15, -0.1) is 0 Å². The summed E-state index contributed by atoms with van der Waals surface area (Å²) in [4.78, 5) is 13.9. The molecular formula is C16H21NO3. The Morgan fingerprint density at radius 3 is 3.05 bits per heavy atom. The standard InChI is InChI=1S/C16H21NO3/c1-12-8-9-17(15(12)11-18)16(19)7-6-13-4-3-5-14(10-13)20-2/h3-7,10,12,15,18H,8-9,11H2,1-2H3/b7-6+. The van der Waals surface area contributed by atoms with Gasteiger partial charge in [0, 0.05) is 12.6 Å². The maximum atomic E-state index is 12.2. The predicted octanol–water partition coefficient (Wildman–Crippen LogP) is 1.94. The number of rotatable bonds is 4. The maximum absolute atomic E-state index is 12.2. The number of hydrogen-bond acceptors (Lipinski definition) is 3. The minimum atomic E-state index is -0.0579. The van der Waals surface area contributed by atoms with Crippen LogP contribution >= 0.6 is 0 Å². The van der Waals surface area contributed by atoms with E-state index in [0.29, 0.717) is 12.5 Å². The zero-order chi connectivity index (χ0) is 14.5. The number of aliphatic hydroxyl groups excluding tert-OH is 1. The third-order valence-electron chi connectivity index (χ3n) is 3.86. The van der Waals surface area contributed by atoms with E-state index in [-0.39, 0.29) is 18.6 Å². The molecule has 1 amide bonds. The molecule has 1 fully saturated rings. The number of amides is 1. The molecule has 1 aromatic carbocycles. The summed E-state index contributed by atoms with van der Waals surface area (Å²) in [6.45, 7) is 2.81. The lowest BCUT2D eigenvalue weighted by Crippen LogP contribution is -2.38. The Bertz CT molecular complexity index is 498. The molecular weight excluding hydrogens is 254 g/mol. The molecule has 20 heavy (non-hydrogen) atoms. The molecule has 1 aliphatic rings. The van der Waals surface area contributed by atoms with Crippen LogP contribution in [0.3, 0.4) is 0 Å². The Morgan fingerprint density at radius 1 is 1.55 bits per heavy atom. The first-order valence-corrected chi connectivity index (χ1v) is 6.89. The normalized spacial score (nSPS) is 22.4. The first-order valence-electron chi connectivity index (χ1n) is 6.89. The van der Waals surface area contributed by atoms with Gasteiger partial charge in [-0.3, -0.25) is 4.79 Å². The molecule has 2 rings (SSSR count). The van der Waals surface area contributed by atoms with Gasteiger partial charge in [-0.2, -0.15) is 0 Å². The number of benzene rings is 1. The SMILES string of the molecule is COc1cccc(/C=C/C(=O)N2CCC(C)C2CO)c1. The van der Waals surface area contributed by atoms with E-state index in [0.717, 1.165) is 17.7 Å². The van der Waals surface area contributed by atoms with Crippen molar-refractivity contribution in [3.05, 3.63) is 35.9 Å². The van der Waals surface area contributed by atoms with E-state index < -0.39 is 0 Å². The fourth-order valence-corrected chi connectivity index (χ4v) is 2.57. The molecule has 108 valence electrons. The zero-order valence-corrected chi connectivity index (χ0v) is 12.0. The van der Waals surface area contributed by atoms with Crippen LogP contribution in [-0.2, 0) is 4.79 Å². The van der Waals surface area contributed by atoms with Crippen LogP contribution in [0.1, 0.15) is 18.9 Å². The van der Waals surface area contributed by atoms with Crippen molar-refractivity contribution in [2.24, 2.45) is 5.92 Å². The molecule has 0 bridgehead atoms. The van der Waals surface area contributed by atoms with Crippen LogP contribution in [0, 0.1) is 5.92 Å². The van der Waals surface area contributed by atoms with Crippen LogP contribution in [0.5, 0.6) is 5.75 Å². The van der Waals surface area contributed by atoms with Crippen LogP contribution in [-0.4, -0.2) is 42.2 Å². The largest absolute Gasteiger partial charge is 0.497 e. The van der Waals surface area contributed by atoms with Crippen molar-refractivity contribution in [1.82, 2.24) is 4.90 Å². The summed E-state index contributed by atoms with van der Waals surface area (Å²) in [6, 6.07) is 7.49. The highest BCUT2D eigenvalue weighted by molar-refractivity contribution is 5.92. The second-order valence-corrected chi connectivity index (χ2v) is 5.16. The zero-order valence-electron chi connectivity index (χ0n) is 12.0. The van der Waals surface area contributed by atoms with Crippen molar-refractivity contribution in [3.63, 3.8) is 0 Å². The van der Waals surface area contributed by atoms with Crippen LogP contribution in [0.25, 0.3) is 6.08 Å². The number of hydrogen-bond donors (Lipinski definition) is 1. The van der Waals surface area contributed by atoms with Crippen LogP contribution in [0.4, 0.5) is 0 Å². The quantitative estimate of drug-likeness (QED) is 0.854. The van der Waals surface area contributed by atoms with Crippen LogP contribution < -0.4 is 4.74 Å². The third kappa shape index (κ3) is 3.20. The molecule has 0 aliphatic carbocycles. The maximum Gasteiger partial charge on any atom is 0.246 e. The Labute approximate surface area is 119 Å². The van der Waals surface area contributed by atoms with E-state index in [1.54, 1.807) is 24.2 Å². The molecule has 0 spiro atoms. The van der Waals surface area contributed by atoms with Gasteiger partial charge < -0.3 is 14.7 Å². The number of methoxy groups -OCH3 is 1. The molecule has 0 saturated carbocycles. The lowest BCUT2D eigenvalue weighted by Gasteiger charge is -2.23. The molecule has 1 aliphatic heterocycles. The average molecular weight is 275 g/mol. The van der Waals surface area contributed by atoms with Crippen molar-refractivity contribution < 1.29 is 14.6 Å². The second kappa shape index (κ2) is 6.57. The molecule has 1 heterocycles. The fraction of sp³-hybridized carbons (Fsp3) is 0.438. The predicted molar refractivity (Wildman–Crippen MR) is 78.4 cm³/mol. The Hall–Kier alpha value is -1.81. The number of aliphatic hydroxyl groups is 1. The first-order chi connectivity index (χ1) is 9.65. The minimum absolute atomic E-state index is 0.0277. The highest BCUT2D eigenvalue weighted by Gasteiger charge is 2.32. The molecule has 0 aromatic heterocycles. The molecule has 4 heteroatoms. The summed E-state index contributed by atoms with van der Waals surface area (Å²) in [7, 11) is 1.62. The van der Waals surface area contributed by atoms with E-state index in [2.05, 4.69) is 6.92 Å². The monoisotopic (exact) mass is 275 g/mol. The Morgan fingerprint density at radius 2 is 2.35 bits per heavy atom.